The molecule has 2 aliphatic rings. The molecule has 3 aromatic heterocycles. The molecule has 0 spiro atoms. The first kappa shape index (κ1) is 22.9. The molecule has 2 saturated carbocycles. The van der Waals surface area contributed by atoms with Crippen molar-refractivity contribution < 1.29 is 4.79 Å². The van der Waals surface area contributed by atoms with Gasteiger partial charge in [0.15, 0.2) is 10.8 Å². The van der Waals surface area contributed by atoms with Gasteiger partial charge in [-0.15, -0.1) is 0 Å². The first-order chi connectivity index (χ1) is 16.3. The van der Waals surface area contributed by atoms with Crippen molar-refractivity contribution in [3.8, 4) is 0 Å². The first-order valence-corrected chi connectivity index (χ1v) is 12.7. The van der Waals surface area contributed by atoms with Gasteiger partial charge in [-0.25, -0.2) is 15.0 Å². The molecule has 2 atom stereocenters. The van der Waals surface area contributed by atoms with E-state index < -0.39 is 0 Å². The summed E-state index contributed by atoms with van der Waals surface area (Å²) in [6.07, 6.45) is 11.2. The number of thiazole rings is 1. The summed E-state index contributed by atoms with van der Waals surface area (Å²) in [5.74, 6) is 1.09. The number of carbonyl (C=O) groups is 1. The van der Waals surface area contributed by atoms with Crippen LogP contribution in [0.5, 0.6) is 0 Å². The number of amides is 1. The number of carbonyl (C=O) groups excluding carboxylic acids is 1. The number of nitrogens with one attached hydrogen (secondary N) is 2. The molecule has 2 fully saturated rings. The van der Waals surface area contributed by atoms with Crippen LogP contribution in [0, 0.1) is 10.8 Å². The highest BCUT2D eigenvalue weighted by molar-refractivity contribution is 7.17. The molecule has 3 heterocycles. The zero-order valence-corrected chi connectivity index (χ0v) is 20.5. The molecule has 1 amide bonds. The lowest BCUT2D eigenvalue weighted by Crippen LogP contribution is -2.39. The van der Waals surface area contributed by atoms with E-state index in [9.17, 15) is 4.79 Å². The molecule has 178 valence electrons. The molecule has 5 rings (SSSR count). The average Bonchev–Trinajstić information content (AvgIpc) is 3.21. The van der Waals surface area contributed by atoms with Crippen LogP contribution in [-0.4, -0.2) is 43.6 Å². The Balaban J connectivity index is 1.46. The van der Waals surface area contributed by atoms with E-state index in [1.54, 1.807) is 6.20 Å². The molecular formula is C23H27ClN8OS. The topological polar surface area (TPSA) is 135 Å². The van der Waals surface area contributed by atoms with Crippen molar-refractivity contribution in [2.24, 2.45) is 16.1 Å². The van der Waals surface area contributed by atoms with E-state index in [1.807, 2.05) is 6.07 Å². The van der Waals surface area contributed by atoms with Gasteiger partial charge in [-0.2, -0.15) is 0 Å². The largest absolute Gasteiger partial charge is 0.382 e. The zero-order chi connectivity index (χ0) is 23.9. The van der Waals surface area contributed by atoms with Gasteiger partial charge in [-0.3, -0.25) is 15.2 Å². The minimum atomic E-state index is -0.175. The Morgan fingerprint density at radius 1 is 1.41 bits per heavy atom. The maximum atomic E-state index is 12.7. The molecule has 0 radical (unpaired) electrons. The van der Waals surface area contributed by atoms with Gasteiger partial charge < -0.3 is 15.6 Å². The lowest BCUT2D eigenvalue weighted by atomic mass is 9.90. The molecular weight excluding hydrogens is 472 g/mol. The average molecular weight is 499 g/mol. The fourth-order valence-electron chi connectivity index (χ4n) is 4.76. The van der Waals surface area contributed by atoms with Crippen molar-refractivity contribution in [2.75, 3.05) is 0 Å². The molecule has 3 aromatic rings. The van der Waals surface area contributed by atoms with Gasteiger partial charge in [0.2, 0.25) is 0 Å². The quantitative estimate of drug-likeness (QED) is 0.332. The van der Waals surface area contributed by atoms with E-state index in [0.29, 0.717) is 20.5 Å². The highest BCUT2D eigenvalue weighted by Crippen LogP contribution is 2.48. The van der Waals surface area contributed by atoms with Gasteiger partial charge in [0.1, 0.15) is 27.7 Å². The molecule has 0 aliphatic heterocycles. The molecule has 2 unspecified atom stereocenters. The molecule has 0 saturated heterocycles. The van der Waals surface area contributed by atoms with Crippen molar-refractivity contribution in [3.63, 3.8) is 0 Å². The summed E-state index contributed by atoms with van der Waals surface area (Å²) in [7, 11) is 0. The highest BCUT2D eigenvalue weighted by Gasteiger charge is 2.39. The van der Waals surface area contributed by atoms with Crippen LogP contribution >= 0.6 is 22.9 Å². The number of fused-ring (bicyclic) bond motifs is 1. The standard InChI is InChI=1S/C23H27ClN8OS/c1-23(5-6-23)9-19-31-16-10-27-15(20(26)29-12-25)8-17(16)32(19)14-4-2-3-13(7-14)30-21(33)22-28-11-18(24)34-22/h8,10-14H,2-7,9H2,1H3,(H,30,33)(H3,25,26,29). The number of aromatic nitrogens is 4. The normalized spacial score (nSPS) is 22.0. The number of pyridine rings is 1. The van der Waals surface area contributed by atoms with Crippen molar-refractivity contribution in [1.29, 1.82) is 5.41 Å². The van der Waals surface area contributed by atoms with E-state index in [1.165, 1.54) is 30.4 Å². The maximum absolute atomic E-state index is 12.7. The highest BCUT2D eigenvalue weighted by atomic mass is 35.5. The van der Waals surface area contributed by atoms with E-state index in [4.69, 9.17) is 27.7 Å². The molecule has 11 heteroatoms. The molecule has 9 nitrogen and oxygen atoms in total. The minimum absolute atomic E-state index is 0.0431. The third-order valence-corrected chi connectivity index (χ3v) is 7.94. The third-order valence-electron chi connectivity index (χ3n) is 6.82. The maximum Gasteiger partial charge on any atom is 0.280 e. The van der Waals surface area contributed by atoms with Crippen LogP contribution in [0.15, 0.2) is 23.5 Å². The second-order valence-corrected chi connectivity index (χ2v) is 11.2. The number of halogens is 1. The van der Waals surface area contributed by atoms with Gasteiger partial charge in [-0.1, -0.05) is 29.9 Å². The van der Waals surface area contributed by atoms with Gasteiger partial charge in [-0.05, 0) is 50.0 Å². The molecule has 0 bridgehead atoms. The SMILES string of the molecule is CC1(Cc2nc3cnc(C(N)=NC=N)cc3n2C2CCCC(NC(=O)c3ncc(Cl)s3)C2)CC1. The Labute approximate surface area is 206 Å². The third kappa shape index (κ3) is 4.69. The van der Waals surface area contributed by atoms with Gasteiger partial charge in [0.05, 0.1) is 17.9 Å². The van der Waals surface area contributed by atoms with E-state index in [0.717, 1.165) is 55.3 Å². The smallest absolute Gasteiger partial charge is 0.280 e. The van der Waals surface area contributed by atoms with Crippen molar-refractivity contribution in [1.82, 2.24) is 24.8 Å². The first-order valence-electron chi connectivity index (χ1n) is 11.5. The van der Waals surface area contributed by atoms with Gasteiger partial charge in [0, 0.05) is 18.5 Å². The van der Waals surface area contributed by atoms with E-state index >= 15 is 0 Å². The van der Waals surface area contributed by atoms with Crippen LogP contribution in [0.2, 0.25) is 4.34 Å². The number of amidine groups is 1. The number of imidazole rings is 1. The van der Waals surface area contributed by atoms with Gasteiger partial charge in [0.25, 0.3) is 5.91 Å². The number of hydrogen-bond donors (Lipinski definition) is 3. The predicted octanol–water partition coefficient (Wildman–Crippen LogP) is 4.11. The van der Waals surface area contributed by atoms with Crippen molar-refractivity contribution in [2.45, 2.75) is 64.0 Å². The van der Waals surface area contributed by atoms with Crippen molar-refractivity contribution in [3.05, 3.63) is 39.3 Å². The Hall–Kier alpha value is -2.85. The monoisotopic (exact) mass is 498 g/mol. The van der Waals surface area contributed by atoms with Crippen LogP contribution in [0.4, 0.5) is 0 Å². The molecule has 4 N–H and O–H groups in total. The summed E-state index contributed by atoms with van der Waals surface area (Å²) < 4.78 is 2.84. The second kappa shape index (κ2) is 9.07. The number of nitrogens with zero attached hydrogens (tertiary/aromatic N) is 5. The number of hydrogen-bond acceptors (Lipinski definition) is 6. The van der Waals surface area contributed by atoms with Crippen LogP contribution in [0.1, 0.15) is 72.8 Å². The van der Waals surface area contributed by atoms with E-state index in [2.05, 4.69) is 31.8 Å². The lowest BCUT2D eigenvalue weighted by molar-refractivity contribution is 0.0920. The van der Waals surface area contributed by atoms with Crippen LogP contribution in [-0.2, 0) is 6.42 Å². The summed E-state index contributed by atoms with van der Waals surface area (Å²) in [6, 6.07) is 2.16. The Morgan fingerprint density at radius 2 is 2.24 bits per heavy atom. The lowest BCUT2D eigenvalue weighted by Gasteiger charge is -2.32. The Kier molecular flexibility index (Phi) is 6.11. The number of aliphatic imine (C=N–C) groups is 1. The van der Waals surface area contributed by atoms with Gasteiger partial charge >= 0.3 is 0 Å². The predicted molar refractivity (Wildman–Crippen MR) is 134 cm³/mol. The van der Waals surface area contributed by atoms with Crippen LogP contribution in [0.25, 0.3) is 11.0 Å². The summed E-state index contributed by atoms with van der Waals surface area (Å²) >= 11 is 7.14. The zero-order valence-electron chi connectivity index (χ0n) is 18.9. The van der Waals surface area contributed by atoms with Crippen LogP contribution in [0.3, 0.4) is 0 Å². The fraction of sp³-hybridized carbons (Fsp3) is 0.478. The summed E-state index contributed by atoms with van der Waals surface area (Å²) in [4.78, 5) is 30.0. The van der Waals surface area contributed by atoms with Crippen molar-refractivity contribution >= 4 is 52.1 Å². The fourth-order valence-corrected chi connectivity index (χ4v) is 5.58. The summed E-state index contributed by atoms with van der Waals surface area (Å²) in [6.45, 7) is 2.30. The summed E-state index contributed by atoms with van der Waals surface area (Å²) in [5.41, 5.74) is 8.64. The summed E-state index contributed by atoms with van der Waals surface area (Å²) in [5, 5.41) is 10.8. The Morgan fingerprint density at radius 3 is 2.94 bits per heavy atom. The van der Waals surface area contributed by atoms with Crippen LogP contribution < -0.4 is 11.1 Å². The number of rotatable bonds is 7. The minimum Gasteiger partial charge on any atom is -0.382 e. The molecule has 0 aromatic carbocycles. The molecule has 2 aliphatic carbocycles. The van der Waals surface area contributed by atoms with E-state index in [-0.39, 0.29) is 23.8 Å². The number of nitrogens with two attached hydrogens (primary N) is 1. The molecule has 34 heavy (non-hydrogen) atoms. The second-order valence-electron chi connectivity index (χ2n) is 9.55. The Bertz CT molecular complexity index is 1280.